The largest absolute Gasteiger partial charge is 0.340 e. The van der Waals surface area contributed by atoms with Gasteiger partial charge in [0.2, 0.25) is 11.8 Å². The molecule has 1 saturated carbocycles. The number of nitrogens with zero attached hydrogens (tertiary/aromatic N) is 1. The van der Waals surface area contributed by atoms with Crippen LogP contribution in [0.1, 0.15) is 45.4 Å². The smallest absolute Gasteiger partial charge is 0.249 e. The van der Waals surface area contributed by atoms with Crippen LogP contribution in [0, 0.1) is 0 Å². The highest BCUT2D eigenvalue weighted by Gasteiger charge is 2.50. The Labute approximate surface area is 126 Å². The topological polar surface area (TPSA) is 83.6 Å². The summed E-state index contributed by atoms with van der Waals surface area (Å²) < 4.78 is 22.8. The predicted molar refractivity (Wildman–Crippen MR) is 79.5 cm³/mol. The zero-order valence-corrected chi connectivity index (χ0v) is 13.5. The molecule has 6 nitrogen and oxygen atoms in total. The highest BCUT2D eigenvalue weighted by atomic mass is 32.2. The first-order valence-corrected chi connectivity index (χ1v) is 9.66. The molecule has 1 aliphatic carbocycles. The summed E-state index contributed by atoms with van der Waals surface area (Å²) in [4.78, 5) is 26.7. The Hall–Kier alpha value is -1.11. The van der Waals surface area contributed by atoms with E-state index >= 15 is 0 Å². The second-order valence-corrected chi connectivity index (χ2v) is 8.44. The Bertz CT molecular complexity index is 523. The molecule has 7 heteroatoms. The van der Waals surface area contributed by atoms with Crippen LogP contribution in [0.3, 0.4) is 0 Å². The molecule has 21 heavy (non-hydrogen) atoms. The molecule has 1 saturated heterocycles. The van der Waals surface area contributed by atoms with E-state index in [0.717, 1.165) is 25.5 Å². The number of carbonyl (C=O) groups is 2. The van der Waals surface area contributed by atoms with Gasteiger partial charge in [0.1, 0.15) is 21.4 Å². The van der Waals surface area contributed by atoms with Gasteiger partial charge in [-0.15, -0.1) is 0 Å². The van der Waals surface area contributed by atoms with Crippen LogP contribution in [0.5, 0.6) is 0 Å². The summed E-state index contributed by atoms with van der Waals surface area (Å²) in [6, 6.07) is -0.549. The van der Waals surface area contributed by atoms with Crippen molar-refractivity contribution in [1.29, 1.82) is 0 Å². The van der Waals surface area contributed by atoms with Gasteiger partial charge in [0, 0.05) is 12.8 Å². The van der Waals surface area contributed by atoms with Gasteiger partial charge in [-0.2, -0.15) is 0 Å². The monoisotopic (exact) mass is 316 g/mol. The van der Waals surface area contributed by atoms with E-state index in [9.17, 15) is 18.0 Å². The number of hydrogen-bond donors (Lipinski definition) is 1. The first-order valence-electron chi connectivity index (χ1n) is 7.60. The molecule has 2 fully saturated rings. The lowest BCUT2D eigenvalue weighted by Crippen LogP contribution is -2.71. The van der Waals surface area contributed by atoms with Gasteiger partial charge in [0.25, 0.3) is 0 Å². The zero-order valence-electron chi connectivity index (χ0n) is 12.7. The lowest BCUT2D eigenvalue weighted by atomic mass is 9.78. The lowest BCUT2D eigenvalue weighted by molar-refractivity contribution is -0.156. The molecule has 1 aliphatic heterocycles. The molecule has 0 aromatic heterocycles. The Morgan fingerprint density at radius 3 is 2.38 bits per heavy atom. The van der Waals surface area contributed by atoms with Crippen molar-refractivity contribution in [2.45, 2.75) is 57.0 Å². The summed E-state index contributed by atoms with van der Waals surface area (Å²) in [5.41, 5.74) is -0.793. The molecule has 0 aromatic rings. The van der Waals surface area contributed by atoms with E-state index in [1.807, 2.05) is 6.92 Å². The van der Waals surface area contributed by atoms with E-state index in [2.05, 4.69) is 5.32 Å². The maximum Gasteiger partial charge on any atom is 0.249 e. The molecule has 2 amide bonds. The highest BCUT2D eigenvalue weighted by Crippen LogP contribution is 2.33. The molecule has 120 valence electrons. The van der Waals surface area contributed by atoms with Crippen LogP contribution in [0.4, 0.5) is 0 Å². The summed E-state index contributed by atoms with van der Waals surface area (Å²) in [6.07, 6.45) is 5.87. The van der Waals surface area contributed by atoms with Crippen molar-refractivity contribution in [2.24, 2.45) is 0 Å². The van der Waals surface area contributed by atoms with Crippen molar-refractivity contribution in [1.82, 2.24) is 10.2 Å². The standard InChI is InChI=1S/C14H24N2O4S/c1-3-11-12(17)15-14(7-5-4-6-8-14)13(18)16(11)9-10-21(2,19)20/h11H,3-10H2,1-2H3,(H,15,17). The molecule has 1 N–H and O–H groups in total. The molecule has 1 heterocycles. The molecule has 0 radical (unpaired) electrons. The molecular weight excluding hydrogens is 292 g/mol. The second-order valence-electron chi connectivity index (χ2n) is 6.18. The fourth-order valence-corrected chi connectivity index (χ4v) is 3.88. The van der Waals surface area contributed by atoms with Gasteiger partial charge < -0.3 is 10.2 Å². The molecule has 1 spiro atoms. The summed E-state index contributed by atoms with van der Waals surface area (Å²) in [5.74, 6) is -0.344. The van der Waals surface area contributed by atoms with Crippen molar-refractivity contribution in [3.05, 3.63) is 0 Å². The van der Waals surface area contributed by atoms with Crippen LogP contribution in [0.2, 0.25) is 0 Å². The van der Waals surface area contributed by atoms with Crippen LogP contribution in [-0.2, 0) is 19.4 Å². The predicted octanol–water partition coefficient (Wildman–Crippen LogP) is 0.471. The Morgan fingerprint density at radius 1 is 1.24 bits per heavy atom. The number of amides is 2. The van der Waals surface area contributed by atoms with Gasteiger partial charge in [-0.1, -0.05) is 26.2 Å². The first kappa shape index (κ1) is 16.3. The average Bonchev–Trinajstić information content (AvgIpc) is 2.41. The number of sulfone groups is 1. The van der Waals surface area contributed by atoms with Gasteiger partial charge in [0.15, 0.2) is 0 Å². The van der Waals surface area contributed by atoms with Crippen molar-refractivity contribution in [3.8, 4) is 0 Å². The minimum atomic E-state index is -3.16. The van der Waals surface area contributed by atoms with Gasteiger partial charge in [-0.25, -0.2) is 8.42 Å². The maximum atomic E-state index is 12.9. The fraction of sp³-hybridized carbons (Fsp3) is 0.857. The fourth-order valence-electron chi connectivity index (χ4n) is 3.35. The van der Waals surface area contributed by atoms with Crippen molar-refractivity contribution < 1.29 is 18.0 Å². The van der Waals surface area contributed by atoms with Crippen molar-refractivity contribution in [3.63, 3.8) is 0 Å². The quantitative estimate of drug-likeness (QED) is 0.817. The minimum absolute atomic E-state index is 0.0986. The minimum Gasteiger partial charge on any atom is -0.340 e. The van der Waals surface area contributed by atoms with Crippen LogP contribution in [0.25, 0.3) is 0 Å². The number of piperazine rings is 1. The summed E-state index contributed by atoms with van der Waals surface area (Å²) in [6.45, 7) is 1.94. The Kier molecular flexibility index (Phi) is 4.60. The third-order valence-corrected chi connectivity index (χ3v) is 5.43. The van der Waals surface area contributed by atoms with Gasteiger partial charge in [-0.3, -0.25) is 9.59 Å². The van der Waals surface area contributed by atoms with E-state index in [0.29, 0.717) is 19.3 Å². The SMILES string of the molecule is CCC1C(=O)NC2(CCCCC2)C(=O)N1CCS(C)(=O)=O. The second kappa shape index (κ2) is 5.94. The molecule has 0 aromatic carbocycles. The highest BCUT2D eigenvalue weighted by molar-refractivity contribution is 7.90. The zero-order chi connectivity index (χ0) is 15.7. The third-order valence-electron chi connectivity index (χ3n) is 4.51. The summed E-state index contributed by atoms with van der Waals surface area (Å²) >= 11 is 0. The van der Waals surface area contributed by atoms with Gasteiger partial charge in [0.05, 0.1) is 5.75 Å². The van der Waals surface area contributed by atoms with Crippen LogP contribution in [0.15, 0.2) is 0 Å². The summed E-state index contributed by atoms with van der Waals surface area (Å²) in [7, 11) is -3.16. The number of carbonyl (C=O) groups excluding carboxylic acids is 2. The van der Waals surface area contributed by atoms with E-state index in [-0.39, 0.29) is 24.1 Å². The van der Waals surface area contributed by atoms with E-state index < -0.39 is 21.4 Å². The van der Waals surface area contributed by atoms with Crippen LogP contribution in [-0.4, -0.2) is 55.3 Å². The van der Waals surface area contributed by atoms with Crippen molar-refractivity contribution >= 4 is 21.7 Å². The van der Waals surface area contributed by atoms with E-state index in [1.165, 1.54) is 4.90 Å². The maximum absolute atomic E-state index is 12.9. The Balaban J connectivity index is 2.24. The van der Waals surface area contributed by atoms with E-state index in [1.54, 1.807) is 0 Å². The van der Waals surface area contributed by atoms with Gasteiger partial charge >= 0.3 is 0 Å². The summed E-state index contributed by atoms with van der Waals surface area (Å²) in [5, 5.41) is 2.93. The lowest BCUT2D eigenvalue weighted by Gasteiger charge is -2.47. The first-order chi connectivity index (χ1) is 9.79. The molecular formula is C14H24N2O4S. The molecule has 1 atom stereocenters. The van der Waals surface area contributed by atoms with Crippen molar-refractivity contribution in [2.75, 3.05) is 18.6 Å². The number of rotatable bonds is 4. The van der Waals surface area contributed by atoms with E-state index in [4.69, 9.17) is 0 Å². The molecule has 0 bridgehead atoms. The molecule has 1 unspecified atom stereocenters. The van der Waals surface area contributed by atoms with Crippen LogP contribution < -0.4 is 5.32 Å². The molecule has 2 aliphatic rings. The molecule has 2 rings (SSSR count). The number of hydrogen-bond acceptors (Lipinski definition) is 4. The normalized spacial score (nSPS) is 26.0. The van der Waals surface area contributed by atoms with Gasteiger partial charge in [-0.05, 0) is 19.3 Å². The Morgan fingerprint density at radius 2 is 1.86 bits per heavy atom. The van der Waals surface area contributed by atoms with Crippen LogP contribution >= 0.6 is 0 Å². The third kappa shape index (κ3) is 3.39. The number of nitrogens with one attached hydrogen (secondary N) is 1. The average molecular weight is 316 g/mol.